The molecule has 1 heterocycles. The minimum atomic E-state index is -0.950. The third-order valence-corrected chi connectivity index (χ3v) is 2.92. The van der Waals surface area contributed by atoms with Crippen molar-refractivity contribution in [3.05, 3.63) is 24.3 Å². The van der Waals surface area contributed by atoms with E-state index in [2.05, 4.69) is 0 Å². The van der Waals surface area contributed by atoms with Gasteiger partial charge in [-0.25, -0.2) is 9.59 Å². The predicted molar refractivity (Wildman–Crippen MR) is 76.4 cm³/mol. The van der Waals surface area contributed by atoms with Gasteiger partial charge in [-0.1, -0.05) is 18.2 Å². The zero-order valence-electron chi connectivity index (χ0n) is 12.3. The maximum Gasteiger partial charge on any atom is 0.410 e. The monoisotopic (exact) mass is 281 g/mol. The van der Waals surface area contributed by atoms with Crippen LogP contribution in [0, 0.1) is 5.92 Å². The number of rotatable bonds is 3. The second-order valence-electron chi connectivity index (χ2n) is 5.89. The number of hydrogen-bond donors (Lipinski definition) is 1. The van der Waals surface area contributed by atoms with Crippen LogP contribution < -0.4 is 0 Å². The molecule has 0 unspecified atom stereocenters. The number of carbonyl (C=O) groups excluding carboxylic acids is 1. The molecule has 1 aliphatic rings. The molecule has 5 heteroatoms. The summed E-state index contributed by atoms with van der Waals surface area (Å²) in [5.41, 5.74) is -0.463. The van der Waals surface area contributed by atoms with Crippen molar-refractivity contribution < 1.29 is 19.4 Å². The first-order valence-corrected chi connectivity index (χ1v) is 6.83. The Bertz CT molecular complexity index is 399. The highest BCUT2D eigenvalue weighted by molar-refractivity contribution is 5.80. The maximum atomic E-state index is 11.9. The number of allylic oxidation sites excluding steroid dienone is 3. The highest BCUT2D eigenvalue weighted by Crippen LogP contribution is 2.20. The van der Waals surface area contributed by atoms with Crippen LogP contribution in [0.5, 0.6) is 0 Å². The van der Waals surface area contributed by atoms with Crippen molar-refractivity contribution in [1.29, 1.82) is 0 Å². The summed E-state index contributed by atoms with van der Waals surface area (Å²) in [5, 5.41) is 8.46. The van der Waals surface area contributed by atoms with Gasteiger partial charge in [-0.05, 0) is 39.5 Å². The van der Waals surface area contributed by atoms with E-state index in [1.165, 1.54) is 6.08 Å². The number of nitrogens with zero attached hydrogens (tertiary/aromatic N) is 1. The van der Waals surface area contributed by atoms with Gasteiger partial charge in [0.25, 0.3) is 0 Å². The van der Waals surface area contributed by atoms with Crippen molar-refractivity contribution in [3.8, 4) is 0 Å². The number of likely N-dealkylation sites (tertiary alicyclic amines) is 1. The quantitative estimate of drug-likeness (QED) is 0.638. The Hall–Kier alpha value is -1.78. The van der Waals surface area contributed by atoms with Crippen LogP contribution in [0.15, 0.2) is 24.3 Å². The van der Waals surface area contributed by atoms with Gasteiger partial charge in [-0.3, -0.25) is 0 Å². The molecule has 1 amide bonds. The smallest absolute Gasteiger partial charge is 0.410 e. The van der Waals surface area contributed by atoms with Gasteiger partial charge in [0, 0.05) is 19.2 Å². The molecule has 0 atom stereocenters. The van der Waals surface area contributed by atoms with E-state index in [9.17, 15) is 9.59 Å². The molecule has 0 spiro atoms. The van der Waals surface area contributed by atoms with Gasteiger partial charge in [0.15, 0.2) is 0 Å². The van der Waals surface area contributed by atoms with E-state index < -0.39 is 11.6 Å². The molecule has 1 N–H and O–H groups in total. The zero-order chi connectivity index (χ0) is 15.2. The lowest BCUT2D eigenvalue weighted by molar-refractivity contribution is -0.131. The summed E-state index contributed by atoms with van der Waals surface area (Å²) in [7, 11) is 0. The van der Waals surface area contributed by atoms with Crippen molar-refractivity contribution in [2.24, 2.45) is 5.92 Å². The van der Waals surface area contributed by atoms with Crippen LogP contribution in [0.1, 0.15) is 33.6 Å². The lowest BCUT2D eigenvalue weighted by Gasteiger charge is -2.32. The van der Waals surface area contributed by atoms with Crippen molar-refractivity contribution in [2.75, 3.05) is 13.1 Å². The van der Waals surface area contributed by atoms with Crippen LogP contribution in [-0.2, 0) is 9.53 Å². The van der Waals surface area contributed by atoms with Crippen molar-refractivity contribution in [3.63, 3.8) is 0 Å². The Morgan fingerprint density at radius 3 is 2.30 bits per heavy atom. The van der Waals surface area contributed by atoms with E-state index in [-0.39, 0.29) is 6.09 Å². The van der Waals surface area contributed by atoms with Gasteiger partial charge in [0.1, 0.15) is 5.60 Å². The van der Waals surface area contributed by atoms with E-state index in [0.29, 0.717) is 19.0 Å². The van der Waals surface area contributed by atoms with E-state index in [1.54, 1.807) is 11.0 Å². The SMILES string of the molecule is CC(C)(C)OC(=O)N1CCC(C=CC=CC(=O)O)CC1. The second-order valence-corrected chi connectivity index (χ2v) is 5.89. The molecule has 0 aromatic rings. The van der Waals surface area contributed by atoms with Gasteiger partial charge in [-0.15, -0.1) is 0 Å². The van der Waals surface area contributed by atoms with Crippen molar-refractivity contribution >= 4 is 12.1 Å². The van der Waals surface area contributed by atoms with E-state index >= 15 is 0 Å². The molecule has 20 heavy (non-hydrogen) atoms. The average Bonchev–Trinajstić information content (AvgIpc) is 2.33. The van der Waals surface area contributed by atoms with E-state index in [0.717, 1.165) is 18.9 Å². The van der Waals surface area contributed by atoms with Gasteiger partial charge in [0.2, 0.25) is 0 Å². The molecule has 5 nitrogen and oxygen atoms in total. The molecule has 0 aliphatic carbocycles. The number of carbonyl (C=O) groups is 2. The summed E-state index contributed by atoms with van der Waals surface area (Å²) in [6, 6.07) is 0. The second kappa shape index (κ2) is 7.12. The number of carboxylic acid groups (broad SMARTS) is 1. The van der Waals surface area contributed by atoms with Crippen molar-refractivity contribution in [1.82, 2.24) is 4.90 Å². The molecule has 0 aromatic carbocycles. The first-order chi connectivity index (χ1) is 9.28. The predicted octanol–water partition coefficient (Wildman–Crippen LogP) is 2.83. The normalized spacial score (nSPS) is 17.9. The molecule has 1 saturated heterocycles. The summed E-state index contributed by atoms with van der Waals surface area (Å²) in [5.74, 6) is -0.568. The van der Waals surface area contributed by atoms with Crippen LogP contribution >= 0.6 is 0 Å². The molecular formula is C15H23NO4. The number of piperidine rings is 1. The van der Waals surface area contributed by atoms with Gasteiger partial charge >= 0.3 is 12.1 Å². The fraction of sp³-hybridized carbons (Fsp3) is 0.600. The summed E-state index contributed by atoms with van der Waals surface area (Å²) in [4.78, 5) is 23.9. The maximum absolute atomic E-state index is 11.9. The van der Waals surface area contributed by atoms with Crippen LogP contribution in [0.4, 0.5) is 4.79 Å². The van der Waals surface area contributed by atoms with Crippen LogP contribution in [-0.4, -0.2) is 40.8 Å². The molecule has 0 bridgehead atoms. The average molecular weight is 281 g/mol. The first-order valence-electron chi connectivity index (χ1n) is 6.83. The fourth-order valence-electron chi connectivity index (χ4n) is 1.96. The van der Waals surface area contributed by atoms with E-state index in [4.69, 9.17) is 9.84 Å². The lowest BCUT2D eigenvalue weighted by Crippen LogP contribution is -2.41. The van der Waals surface area contributed by atoms with Crippen LogP contribution in [0.25, 0.3) is 0 Å². The molecular weight excluding hydrogens is 258 g/mol. The highest BCUT2D eigenvalue weighted by Gasteiger charge is 2.25. The Labute approximate surface area is 119 Å². The van der Waals surface area contributed by atoms with Crippen LogP contribution in [0.3, 0.4) is 0 Å². The minimum Gasteiger partial charge on any atom is -0.478 e. The first kappa shape index (κ1) is 16.3. The largest absolute Gasteiger partial charge is 0.478 e. The number of aliphatic carboxylic acids is 1. The Morgan fingerprint density at radius 2 is 1.80 bits per heavy atom. The minimum absolute atomic E-state index is 0.259. The van der Waals surface area contributed by atoms with Gasteiger partial charge in [0.05, 0.1) is 0 Å². The molecule has 0 radical (unpaired) electrons. The summed E-state index contributed by atoms with van der Waals surface area (Å²) in [6.45, 7) is 6.92. The third kappa shape index (κ3) is 6.41. The molecule has 0 saturated carbocycles. The topological polar surface area (TPSA) is 66.8 Å². The molecule has 112 valence electrons. The van der Waals surface area contributed by atoms with E-state index in [1.807, 2.05) is 26.8 Å². The Morgan fingerprint density at radius 1 is 1.20 bits per heavy atom. The third-order valence-electron chi connectivity index (χ3n) is 2.92. The zero-order valence-corrected chi connectivity index (χ0v) is 12.3. The molecule has 1 rings (SSSR count). The summed E-state index contributed by atoms with van der Waals surface area (Å²) in [6.07, 6.45) is 7.85. The molecule has 1 aliphatic heterocycles. The van der Waals surface area contributed by atoms with Crippen LogP contribution in [0.2, 0.25) is 0 Å². The number of ether oxygens (including phenoxy) is 1. The summed E-state index contributed by atoms with van der Waals surface area (Å²) < 4.78 is 5.33. The number of amides is 1. The molecule has 1 fully saturated rings. The number of carboxylic acids is 1. The van der Waals surface area contributed by atoms with Gasteiger partial charge in [-0.2, -0.15) is 0 Å². The van der Waals surface area contributed by atoms with Gasteiger partial charge < -0.3 is 14.7 Å². The fourth-order valence-corrected chi connectivity index (χ4v) is 1.96. The van der Waals surface area contributed by atoms with Crippen molar-refractivity contribution in [2.45, 2.75) is 39.2 Å². The standard InChI is InChI=1S/C15H23NO4/c1-15(2,3)20-14(19)16-10-8-12(9-11-16)6-4-5-7-13(17)18/h4-7,12H,8-11H2,1-3H3,(H,17,18). The Balaban J connectivity index is 2.36. The summed E-state index contributed by atoms with van der Waals surface area (Å²) >= 11 is 0. The Kier molecular flexibility index (Phi) is 5.80. The number of hydrogen-bond acceptors (Lipinski definition) is 3. The lowest BCUT2D eigenvalue weighted by atomic mass is 9.96. The molecule has 0 aromatic heterocycles. The highest BCUT2D eigenvalue weighted by atomic mass is 16.6.